The zero-order chi connectivity index (χ0) is 17.2. The van der Waals surface area contributed by atoms with Gasteiger partial charge in [-0.05, 0) is 70.2 Å². The standard InChI is InChI=1S/C20H27N5/c1-14-15(2)23-19(18-4-3-8-21-13-18)24-20(14)25-10-6-16(7-11-25)17-5-9-22-12-17/h3-4,8,13,16-17,22H,5-7,9-12H2,1-2H3. The first-order chi connectivity index (χ1) is 12.2. The van der Waals surface area contributed by atoms with E-state index >= 15 is 0 Å². The van der Waals surface area contributed by atoms with Crippen LogP contribution in [-0.4, -0.2) is 41.1 Å². The van der Waals surface area contributed by atoms with E-state index < -0.39 is 0 Å². The number of rotatable bonds is 3. The quantitative estimate of drug-likeness (QED) is 0.933. The second kappa shape index (κ2) is 7.08. The molecule has 5 nitrogen and oxygen atoms in total. The molecule has 0 aliphatic carbocycles. The molecule has 0 saturated carbocycles. The largest absolute Gasteiger partial charge is 0.356 e. The minimum atomic E-state index is 0.785. The number of piperidine rings is 1. The van der Waals surface area contributed by atoms with Crippen molar-refractivity contribution in [3.63, 3.8) is 0 Å². The second-order valence-corrected chi connectivity index (χ2v) is 7.40. The topological polar surface area (TPSA) is 53.9 Å². The van der Waals surface area contributed by atoms with Crippen LogP contribution in [0.1, 0.15) is 30.5 Å². The molecule has 2 aromatic heterocycles. The van der Waals surface area contributed by atoms with Gasteiger partial charge in [-0.25, -0.2) is 9.97 Å². The highest BCUT2D eigenvalue weighted by molar-refractivity contribution is 5.59. The third kappa shape index (κ3) is 3.38. The van der Waals surface area contributed by atoms with Crippen molar-refractivity contribution in [1.29, 1.82) is 0 Å². The van der Waals surface area contributed by atoms with Crippen molar-refractivity contribution in [3.05, 3.63) is 35.8 Å². The first-order valence-electron chi connectivity index (χ1n) is 9.43. The lowest BCUT2D eigenvalue weighted by atomic mass is 9.84. The van der Waals surface area contributed by atoms with Crippen LogP contribution in [0, 0.1) is 25.7 Å². The first-order valence-corrected chi connectivity index (χ1v) is 9.43. The Morgan fingerprint density at radius 1 is 1.08 bits per heavy atom. The number of anilines is 1. The van der Waals surface area contributed by atoms with Gasteiger partial charge in [0.05, 0.1) is 0 Å². The van der Waals surface area contributed by atoms with Gasteiger partial charge in [-0.3, -0.25) is 4.98 Å². The maximum absolute atomic E-state index is 4.91. The maximum atomic E-state index is 4.91. The maximum Gasteiger partial charge on any atom is 0.163 e. The van der Waals surface area contributed by atoms with Crippen LogP contribution in [0.5, 0.6) is 0 Å². The minimum Gasteiger partial charge on any atom is -0.356 e. The highest BCUT2D eigenvalue weighted by atomic mass is 15.2. The molecule has 132 valence electrons. The number of nitrogens with zero attached hydrogens (tertiary/aromatic N) is 4. The fourth-order valence-electron chi connectivity index (χ4n) is 4.21. The summed E-state index contributed by atoms with van der Waals surface area (Å²) in [6, 6.07) is 3.97. The number of pyridine rings is 1. The van der Waals surface area contributed by atoms with Crippen LogP contribution < -0.4 is 10.2 Å². The summed E-state index contributed by atoms with van der Waals surface area (Å²) in [7, 11) is 0. The van der Waals surface area contributed by atoms with Gasteiger partial charge < -0.3 is 10.2 Å². The van der Waals surface area contributed by atoms with Gasteiger partial charge in [0.2, 0.25) is 0 Å². The van der Waals surface area contributed by atoms with E-state index in [9.17, 15) is 0 Å². The summed E-state index contributed by atoms with van der Waals surface area (Å²) in [6.07, 6.45) is 7.52. The molecule has 0 radical (unpaired) electrons. The Kier molecular flexibility index (Phi) is 4.66. The van der Waals surface area contributed by atoms with Gasteiger partial charge in [-0.15, -0.1) is 0 Å². The molecular formula is C20H27N5. The summed E-state index contributed by atoms with van der Waals surface area (Å²) in [4.78, 5) is 16.3. The summed E-state index contributed by atoms with van der Waals surface area (Å²) in [6.45, 7) is 8.84. The number of aromatic nitrogens is 3. The lowest BCUT2D eigenvalue weighted by Crippen LogP contribution is -2.37. The molecule has 0 spiro atoms. The molecule has 2 aliphatic heterocycles. The Hall–Kier alpha value is -2.01. The molecule has 2 saturated heterocycles. The minimum absolute atomic E-state index is 0.785. The van der Waals surface area contributed by atoms with E-state index in [1.165, 1.54) is 37.9 Å². The summed E-state index contributed by atoms with van der Waals surface area (Å²) in [5.74, 6) is 3.64. The van der Waals surface area contributed by atoms with Crippen LogP contribution in [0.25, 0.3) is 11.4 Å². The van der Waals surface area contributed by atoms with Gasteiger partial charge >= 0.3 is 0 Å². The summed E-state index contributed by atoms with van der Waals surface area (Å²) in [5, 5.41) is 3.51. The van der Waals surface area contributed by atoms with Gasteiger partial charge in [0.25, 0.3) is 0 Å². The molecular weight excluding hydrogens is 310 g/mol. The summed E-state index contributed by atoms with van der Waals surface area (Å²) in [5.41, 5.74) is 3.25. The van der Waals surface area contributed by atoms with Gasteiger partial charge in [0.15, 0.2) is 5.82 Å². The molecule has 1 unspecified atom stereocenters. The van der Waals surface area contributed by atoms with E-state index in [2.05, 4.69) is 29.0 Å². The van der Waals surface area contributed by atoms with E-state index in [0.29, 0.717) is 0 Å². The lowest BCUT2D eigenvalue weighted by Gasteiger charge is -2.36. The van der Waals surface area contributed by atoms with Crippen molar-refractivity contribution in [2.45, 2.75) is 33.1 Å². The van der Waals surface area contributed by atoms with Crippen molar-refractivity contribution in [2.24, 2.45) is 11.8 Å². The van der Waals surface area contributed by atoms with Crippen LogP contribution >= 0.6 is 0 Å². The molecule has 2 fully saturated rings. The van der Waals surface area contributed by atoms with Crippen molar-refractivity contribution in [2.75, 3.05) is 31.1 Å². The van der Waals surface area contributed by atoms with Crippen molar-refractivity contribution < 1.29 is 0 Å². The third-order valence-electron chi connectivity index (χ3n) is 5.89. The predicted molar refractivity (Wildman–Crippen MR) is 101 cm³/mol. The lowest BCUT2D eigenvalue weighted by molar-refractivity contribution is 0.291. The zero-order valence-electron chi connectivity index (χ0n) is 15.2. The molecule has 1 atom stereocenters. The van der Waals surface area contributed by atoms with E-state index in [1.54, 1.807) is 6.20 Å². The number of hydrogen-bond acceptors (Lipinski definition) is 5. The molecule has 4 rings (SSSR count). The molecule has 2 aromatic rings. The van der Waals surface area contributed by atoms with Gasteiger partial charge in [0.1, 0.15) is 5.82 Å². The zero-order valence-corrected chi connectivity index (χ0v) is 15.2. The average molecular weight is 337 g/mol. The molecule has 25 heavy (non-hydrogen) atoms. The molecule has 5 heteroatoms. The predicted octanol–water partition coefficient (Wildman–Crippen LogP) is 2.98. The average Bonchev–Trinajstić information content (AvgIpc) is 3.19. The fraction of sp³-hybridized carbons (Fsp3) is 0.550. The van der Waals surface area contributed by atoms with Gasteiger partial charge in [-0.2, -0.15) is 0 Å². The number of aryl methyl sites for hydroxylation is 1. The van der Waals surface area contributed by atoms with E-state index in [-0.39, 0.29) is 0 Å². The Morgan fingerprint density at radius 2 is 1.92 bits per heavy atom. The number of nitrogens with one attached hydrogen (secondary N) is 1. The molecule has 0 aromatic carbocycles. The Balaban J connectivity index is 1.55. The normalized spacial score (nSPS) is 21.7. The van der Waals surface area contributed by atoms with Crippen molar-refractivity contribution in [1.82, 2.24) is 20.3 Å². The fourth-order valence-corrected chi connectivity index (χ4v) is 4.21. The molecule has 1 N–H and O–H groups in total. The van der Waals surface area contributed by atoms with E-state index in [4.69, 9.17) is 9.97 Å². The molecule has 0 bridgehead atoms. The Morgan fingerprint density at radius 3 is 2.60 bits per heavy atom. The van der Waals surface area contributed by atoms with Crippen LogP contribution in [-0.2, 0) is 0 Å². The van der Waals surface area contributed by atoms with E-state index in [1.807, 2.05) is 18.3 Å². The smallest absolute Gasteiger partial charge is 0.163 e. The highest BCUT2D eigenvalue weighted by Crippen LogP contribution is 2.32. The monoisotopic (exact) mass is 337 g/mol. The van der Waals surface area contributed by atoms with Crippen LogP contribution in [0.4, 0.5) is 5.82 Å². The van der Waals surface area contributed by atoms with Gasteiger partial charge in [-0.1, -0.05) is 0 Å². The third-order valence-corrected chi connectivity index (χ3v) is 5.89. The summed E-state index contributed by atoms with van der Waals surface area (Å²) < 4.78 is 0. The van der Waals surface area contributed by atoms with Crippen LogP contribution in [0.2, 0.25) is 0 Å². The van der Waals surface area contributed by atoms with E-state index in [0.717, 1.165) is 47.8 Å². The highest BCUT2D eigenvalue weighted by Gasteiger charge is 2.29. The van der Waals surface area contributed by atoms with Gasteiger partial charge in [0, 0.05) is 42.3 Å². The van der Waals surface area contributed by atoms with Crippen LogP contribution in [0.15, 0.2) is 24.5 Å². The van der Waals surface area contributed by atoms with Crippen LogP contribution in [0.3, 0.4) is 0 Å². The Labute approximate surface area is 149 Å². The van der Waals surface area contributed by atoms with Crippen molar-refractivity contribution >= 4 is 5.82 Å². The summed E-state index contributed by atoms with van der Waals surface area (Å²) >= 11 is 0. The van der Waals surface area contributed by atoms with Crippen molar-refractivity contribution in [3.8, 4) is 11.4 Å². The molecule has 2 aliphatic rings. The number of hydrogen-bond donors (Lipinski definition) is 1. The second-order valence-electron chi connectivity index (χ2n) is 7.40. The molecule has 0 amide bonds. The first kappa shape index (κ1) is 16.5. The molecule has 4 heterocycles. The SMILES string of the molecule is Cc1nc(-c2cccnc2)nc(N2CCC(C3CCNC3)CC2)c1C. The Bertz CT molecular complexity index is 716.